The maximum atomic E-state index is 5.87. The topological polar surface area (TPSA) is 30.7 Å². The highest BCUT2D eigenvalue weighted by Crippen LogP contribution is 2.37. The van der Waals surface area contributed by atoms with Crippen LogP contribution in [0.25, 0.3) is 11.3 Å². The number of alkyl halides is 1. The van der Waals surface area contributed by atoms with Gasteiger partial charge in [-0.1, -0.05) is 47.3 Å². The minimum atomic E-state index is 0.426. The second kappa shape index (κ2) is 4.11. The van der Waals surface area contributed by atoms with Crippen molar-refractivity contribution in [3.63, 3.8) is 0 Å². The molecule has 0 bridgehead atoms. The molecule has 3 rings (SSSR count). The number of fused-ring (bicyclic) bond motifs is 1. The van der Waals surface area contributed by atoms with Crippen molar-refractivity contribution < 1.29 is 0 Å². The first kappa shape index (κ1) is 10.2. The van der Waals surface area contributed by atoms with Crippen LogP contribution in [0.4, 0.5) is 0 Å². The fraction of sp³-hybridized carbons (Fsp3) is 0.273. The summed E-state index contributed by atoms with van der Waals surface area (Å²) < 4.78 is 1.94. The molecule has 0 amide bonds. The molecule has 0 unspecified atom stereocenters. The van der Waals surface area contributed by atoms with Gasteiger partial charge in [-0.2, -0.15) is 0 Å². The van der Waals surface area contributed by atoms with E-state index in [0.29, 0.717) is 11.1 Å². The monoisotopic (exact) mass is 251 g/mol. The molecule has 0 spiro atoms. The Labute approximate surface area is 103 Å². The first-order chi connectivity index (χ1) is 7.88. The number of halogens is 1. The van der Waals surface area contributed by atoms with E-state index in [9.17, 15) is 0 Å². The first-order valence-electron chi connectivity index (χ1n) is 5.10. The normalized spacial score (nSPS) is 18.7. The van der Waals surface area contributed by atoms with Crippen molar-refractivity contribution in [3.05, 3.63) is 30.3 Å². The van der Waals surface area contributed by atoms with Crippen LogP contribution in [0.5, 0.6) is 0 Å². The van der Waals surface area contributed by atoms with Gasteiger partial charge < -0.3 is 0 Å². The molecule has 82 valence electrons. The lowest BCUT2D eigenvalue weighted by Crippen LogP contribution is -2.07. The summed E-state index contributed by atoms with van der Waals surface area (Å²) in [4.78, 5) is 0. The number of hydrogen-bond acceptors (Lipinski definition) is 3. The Balaban J connectivity index is 2.00. The fourth-order valence-electron chi connectivity index (χ4n) is 1.79. The van der Waals surface area contributed by atoms with E-state index in [1.165, 1.54) is 0 Å². The van der Waals surface area contributed by atoms with E-state index in [1.807, 2.05) is 22.9 Å². The van der Waals surface area contributed by atoms with Crippen molar-refractivity contribution in [3.8, 4) is 11.3 Å². The summed E-state index contributed by atoms with van der Waals surface area (Å²) in [5, 5.41) is 9.95. The summed E-state index contributed by atoms with van der Waals surface area (Å²) in [6.45, 7) is 0.864. The van der Waals surface area contributed by atoms with E-state index in [-0.39, 0.29) is 0 Å². The van der Waals surface area contributed by atoms with Crippen LogP contribution in [0.3, 0.4) is 0 Å². The number of thioether (sulfide) groups is 1. The third-order valence-corrected chi connectivity index (χ3v) is 4.40. The molecule has 1 aromatic heterocycles. The molecule has 0 saturated carbocycles. The second-order valence-electron chi connectivity index (χ2n) is 3.69. The highest BCUT2D eigenvalue weighted by Gasteiger charge is 2.26. The third kappa shape index (κ3) is 1.62. The molecule has 0 radical (unpaired) electrons. The minimum Gasteiger partial charge on any atom is -0.237 e. The van der Waals surface area contributed by atoms with Crippen LogP contribution < -0.4 is 0 Å². The smallest absolute Gasteiger partial charge is 0.126 e. The van der Waals surface area contributed by atoms with Crippen LogP contribution in [0.2, 0.25) is 0 Å². The highest BCUT2D eigenvalue weighted by atomic mass is 35.5. The Morgan fingerprint density at radius 2 is 2.19 bits per heavy atom. The Hall–Kier alpha value is -1.00. The predicted octanol–water partition coefficient (Wildman–Crippen LogP) is 2.66. The quantitative estimate of drug-likeness (QED) is 0.769. The molecular formula is C11H10ClN3S. The fourth-order valence-corrected chi connectivity index (χ4v) is 3.17. The van der Waals surface area contributed by atoms with E-state index in [0.717, 1.165) is 22.8 Å². The van der Waals surface area contributed by atoms with Gasteiger partial charge in [0.15, 0.2) is 0 Å². The molecule has 0 fully saturated rings. The van der Waals surface area contributed by atoms with Gasteiger partial charge in [0.05, 0.1) is 6.54 Å². The van der Waals surface area contributed by atoms with Gasteiger partial charge in [0.25, 0.3) is 0 Å². The average Bonchev–Trinajstić information content (AvgIpc) is 2.88. The van der Waals surface area contributed by atoms with E-state index >= 15 is 0 Å². The lowest BCUT2D eigenvalue weighted by molar-refractivity contribution is 0.574. The first-order valence-corrected chi connectivity index (χ1v) is 6.51. The number of rotatable bonds is 2. The largest absolute Gasteiger partial charge is 0.237 e. The van der Waals surface area contributed by atoms with Gasteiger partial charge >= 0.3 is 0 Å². The Morgan fingerprint density at radius 3 is 2.94 bits per heavy atom. The SMILES string of the molecule is ClC[C@H]1Cn2nnc(-c3ccccc3)c2S1. The van der Waals surface area contributed by atoms with Gasteiger partial charge in [-0.25, -0.2) is 4.68 Å². The Kier molecular flexibility index (Phi) is 2.61. The van der Waals surface area contributed by atoms with Crippen molar-refractivity contribution in [1.82, 2.24) is 15.0 Å². The molecule has 1 atom stereocenters. The molecule has 2 aromatic rings. The molecule has 0 aliphatic carbocycles. The minimum absolute atomic E-state index is 0.426. The lowest BCUT2D eigenvalue weighted by atomic mass is 10.2. The van der Waals surface area contributed by atoms with Crippen LogP contribution >= 0.6 is 23.4 Å². The molecule has 3 nitrogen and oxygen atoms in total. The van der Waals surface area contributed by atoms with Crippen molar-refractivity contribution in [2.24, 2.45) is 0 Å². The van der Waals surface area contributed by atoms with E-state index in [4.69, 9.17) is 11.6 Å². The molecular weight excluding hydrogens is 242 g/mol. The summed E-state index contributed by atoms with van der Waals surface area (Å²) in [5.41, 5.74) is 2.09. The van der Waals surface area contributed by atoms with Gasteiger partial charge in [-0.15, -0.1) is 16.7 Å². The van der Waals surface area contributed by atoms with Crippen LogP contribution in [0.15, 0.2) is 35.4 Å². The number of nitrogens with zero attached hydrogens (tertiary/aromatic N) is 3. The molecule has 1 aliphatic heterocycles. The van der Waals surface area contributed by atoms with Gasteiger partial charge in [0.1, 0.15) is 10.7 Å². The molecule has 1 aromatic carbocycles. The number of benzene rings is 1. The van der Waals surface area contributed by atoms with E-state index < -0.39 is 0 Å². The maximum absolute atomic E-state index is 5.87. The lowest BCUT2D eigenvalue weighted by Gasteiger charge is -2.00. The molecule has 5 heteroatoms. The molecule has 1 aliphatic rings. The summed E-state index contributed by atoms with van der Waals surface area (Å²) in [6, 6.07) is 10.1. The second-order valence-corrected chi connectivity index (χ2v) is 5.28. The zero-order valence-electron chi connectivity index (χ0n) is 8.51. The highest BCUT2D eigenvalue weighted by molar-refractivity contribution is 8.00. The summed E-state index contributed by atoms with van der Waals surface area (Å²) in [7, 11) is 0. The molecule has 2 heterocycles. The standard InChI is InChI=1S/C11H10ClN3S/c12-6-9-7-15-11(16-9)10(13-14-15)8-4-2-1-3-5-8/h1-5,9H,6-7H2/t9-/m0/s1. The number of aromatic nitrogens is 3. The number of hydrogen-bond donors (Lipinski definition) is 0. The Bertz CT molecular complexity index is 497. The van der Waals surface area contributed by atoms with E-state index in [2.05, 4.69) is 22.4 Å². The van der Waals surface area contributed by atoms with Gasteiger partial charge in [0, 0.05) is 16.7 Å². The zero-order chi connectivity index (χ0) is 11.0. The maximum Gasteiger partial charge on any atom is 0.126 e. The van der Waals surface area contributed by atoms with Crippen molar-refractivity contribution in [2.45, 2.75) is 16.8 Å². The van der Waals surface area contributed by atoms with Gasteiger partial charge in [-0.3, -0.25) is 0 Å². The van der Waals surface area contributed by atoms with Crippen molar-refractivity contribution >= 4 is 23.4 Å². The van der Waals surface area contributed by atoms with E-state index in [1.54, 1.807) is 11.8 Å². The van der Waals surface area contributed by atoms with Crippen molar-refractivity contribution in [1.29, 1.82) is 0 Å². The van der Waals surface area contributed by atoms with Crippen LogP contribution in [-0.4, -0.2) is 26.1 Å². The summed E-state index contributed by atoms with van der Waals surface area (Å²) in [6.07, 6.45) is 0. The van der Waals surface area contributed by atoms with Gasteiger partial charge in [0.2, 0.25) is 0 Å². The Morgan fingerprint density at radius 1 is 1.38 bits per heavy atom. The van der Waals surface area contributed by atoms with Crippen LogP contribution in [0.1, 0.15) is 0 Å². The summed E-state index contributed by atoms with van der Waals surface area (Å²) >= 11 is 7.64. The average molecular weight is 252 g/mol. The zero-order valence-corrected chi connectivity index (χ0v) is 10.1. The van der Waals surface area contributed by atoms with Gasteiger partial charge in [-0.05, 0) is 0 Å². The molecule has 0 saturated heterocycles. The van der Waals surface area contributed by atoms with Crippen LogP contribution in [0, 0.1) is 0 Å². The molecule has 16 heavy (non-hydrogen) atoms. The summed E-state index contributed by atoms with van der Waals surface area (Å²) in [5.74, 6) is 0.655. The van der Waals surface area contributed by atoms with Crippen LogP contribution in [-0.2, 0) is 6.54 Å². The van der Waals surface area contributed by atoms with Crippen molar-refractivity contribution in [2.75, 3.05) is 5.88 Å². The third-order valence-electron chi connectivity index (χ3n) is 2.56. The molecule has 0 N–H and O–H groups in total. The predicted molar refractivity (Wildman–Crippen MR) is 65.8 cm³/mol.